The van der Waals surface area contributed by atoms with Crippen LogP contribution in [0.25, 0.3) is 0 Å². The Morgan fingerprint density at radius 2 is 2.16 bits per heavy atom. The van der Waals surface area contributed by atoms with Crippen molar-refractivity contribution in [3.05, 3.63) is 18.3 Å². The van der Waals surface area contributed by atoms with Crippen molar-refractivity contribution in [2.75, 3.05) is 11.9 Å². The summed E-state index contributed by atoms with van der Waals surface area (Å²) in [7, 11) is 0. The molecule has 1 amide bonds. The first-order chi connectivity index (χ1) is 9.02. The lowest BCUT2D eigenvalue weighted by molar-refractivity contribution is -0.116. The summed E-state index contributed by atoms with van der Waals surface area (Å²) in [4.78, 5) is 16.0. The van der Waals surface area contributed by atoms with Crippen molar-refractivity contribution < 1.29 is 9.53 Å². The highest BCUT2D eigenvalue weighted by molar-refractivity contribution is 5.92. The van der Waals surface area contributed by atoms with E-state index in [0.29, 0.717) is 18.0 Å². The minimum absolute atomic E-state index is 0.0197. The van der Waals surface area contributed by atoms with Gasteiger partial charge in [0.2, 0.25) is 11.8 Å². The molecule has 19 heavy (non-hydrogen) atoms. The third kappa shape index (κ3) is 5.70. The number of nitrogens with zero attached hydrogens (tertiary/aromatic N) is 1. The number of hydrogen-bond donors (Lipinski definition) is 2. The van der Waals surface area contributed by atoms with Gasteiger partial charge >= 0.3 is 0 Å². The van der Waals surface area contributed by atoms with Gasteiger partial charge < -0.3 is 15.4 Å². The smallest absolute Gasteiger partial charge is 0.238 e. The Morgan fingerprint density at radius 1 is 1.42 bits per heavy atom. The molecule has 5 nitrogen and oxygen atoms in total. The molecular weight excluding hydrogens is 242 g/mol. The van der Waals surface area contributed by atoms with Gasteiger partial charge in [-0.15, -0.1) is 0 Å². The molecule has 0 fully saturated rings. The van der Waals surface area contributed by atoms with Crippen LogP contribution in [0.2, 0.25) is 0 Å². The van der Waals surface area contributed by atoms with Crippen molar-refractivity contribution in [2.24, 2.45) is 0 Å². The molecule has 1 aromatic heterocycles. The number of carbonyl (C=O) groups is 1. The summed E-state index contributed by atoms with van der Waals surface area (Å²) in [6, 6.07) is 3.72. The van der Waals surface area contributed by atoms with Crippen molar-refractivity contribution in [3.8, 4) is 5.88 Å². The molecule has 0 aliphatic carbocycles. The summed E-state index contributed by atoms with van der Waals surface area (Å²) in [5, 5.41) is 6.04. The van der Waals surface area contributed by atoms with Crippen molar-refractivity contribution in [3.63, 3.8) is 0 Å². The van der Waals surface area contributed by atoms with Crippen LogP contribution in [0.15, 0.2) is 18.3 Å². The second-order valence-corrected chi connectivity index (χ2v) is 4.73. The topological polar surface area (TPSA) is 63.2 Å². The van der Waals surface area contributed by atoms with Crippen LogP contribution in [0.5, 0.6) is 5.88 Å². The first-order valence-corrected chi connectivity index (χ1v) is 6.67. The molecular formula is C14H23N3O2. The lowest BCUT2D eigenvalue weighted by Crippen LogP contribution is -2.30. The summed E-state index contributed by atoms with van der Waals surface area (Å²) in [5.41, 5.74) is 0.616. The van der Waals surface area contributed by atoms with E-state index in [0.717, 1.165) is 6.54 Å². The Hall–Kier alpha value is -1.62. The molecule has 1 atom stereocenters. The molecule has 2 N–H and O–H groups in total. The SMILES string of the molecule is CCNC(C)CC(=O)Nc1cccnc1OC(C)C. The zero-order valence-electron chi connectivity index (χ0n) is 12.1. The monoisotopic (exact) mass is 265 g/mol. The maximum Gasteiger partial charge on any atom is 0.238 e. The molecule has 0 aliphatic rings. The molecule has 0 radical (unpaired) electrons. The average Bonchev–Trinajstić information content (AvgIpc) is 2.31. The highest BCUT2D eigenvalue weighted by Crippen LogP contribution is 2.21. The predicted molar refractivity (Wildman–Crippen MR) is 76.4 cm³/mol. The fourth-order valence-electron chi connectivity index (χ4n) is 1.70. The lowest BCUT2D eigenvalue weighted by atomic mass is 10.2. The van der Waals surface area contributed by atoms with Gasteiger partial charge in [0.1, 0.15) is 5.69 Å². The van der Waals surface area contributed by atoms with Gasteiger partial charge in [-0.2, -0.15) is 0 Å². The van der Waals surface area contributed by atoms with E-state index in [-0.39, 0.29) is 18.1 Å². The summed E-state index contributed by atoms with van der Waals surface area (Å²) in [5.74, 6) is 0.414. The number of carbonyl (C=O) groups excluding carboxylic acids is 1. The second kappa shape index (κ2) is 7.74. The molecule has 0 bridgehead atoms. The Balaban J connectivity index is 2.63. The maximum atomic E-state index is 11.9. The van der Waals surface area contributed by atoms with Crippen molar-refractivity contribution >= 4 is 11.6 Å². The van der Waals surface area contributed by atoms with Crippen LogP contribution < -0.4 is 15.4 Å². The van der Waals surface area contributed by atoms with Crippen LogP contribution in [-0.4, -0.2) is 29.6 Å². The fourth-order valence-corrected chi connectivity index (χ4v) is 1.70. The molecule has 106 valence electrons. The normalized spacial score (nSPS) is 12.3. The maximum absolute atomic E-state index is 11.9. The highest BCUT2D eigenvalue weighted by Gasteiger charge is 2.12. The summed E-state index contributed by atoms with van der Waals surface area (Å²) in [6.45, 7) is 8.70. The number of amides is 1. The summed E-state index contributed by atoms with van der Waals surface area (Å²) < 4.78 is 5.56. The average molecular weight is 265 g/mol. The third-order valence-electron chi connectivity index (χ3n) is 2.44. The van der Waals surface area contributed by atoms with E-state index < -0.39 is 0 Å². The minimum atomic E-state index is -0.0462. The third-order valence-corrected chi connectivity index (χ3v) is 2.44. The molecule has 0 saturated carbocycles. The van der Waals surface area contributed by atoms with Crippen LogP contribution in [0.4, 0.5) is 5.69 Å². The van der Waals surface area contributed by atoms with E-state index in [1.54, 1.807) is 18.3 Å². The van der Waals surface area contributed by atoms with Crippen LogP contribution in [0.1, 0.15) is 34.1 Å². The standard InChI is InChI=1S/C14H23N3O2/c1-5-15-11(4)9-13(18)17-12-7-6-8-16-14(12)19-10(2)3/h6-8,10-11,15H,5,9H2,1-4H3,(H,17,18). The zero-order chi connectivity index (χ0) is 14.3. The molecule has 1 heterocycles. The van der Waals surface area contributed by atoms with Gasteiger partial charge in [-0.05, 0) is 39.4 Å². The van der Waals surface area contributed by atoms with E-state index in [4.69, 9.17) is 4.74 Å². The second-order valence-electron chi connectivity index (χ2n) is 4.73. The Bertz CT molecular complexity index is 407. The molecule has 1 rings (SSSR count). The molecule has 0 aliphatic heterocycles. The molecule has 0 saturated heterocycles. The lowest BCUT2D eigenvalue weighted by Gasteiger charge is -2.15. The predicted octanol–water partition coefficient (Wildman–Crippen LogP) is 2.20. The molecule has 1 unspecified atom stereocenters. The number of aromatic nitrogens is 1. The van der Waals surface area contributed by atoms with Gasteiger partial charge in [0.15, 0.2) is 0 Å². The number of nitrogens with one attached hydrogen (secondary N) is 2. The molecule has 1 aromatic rings. The zero-order valence-corrected chi connectivity index (χ0v) is 12.1. The van der Waals surface area contributed by atoms with E-state index in [1.165, 1.54) is 0 Å². The first-order valence-electron chi connectivity index (χ1n) is 6.67. The molecule has 0 aromatic carbocycles. The Morgan fingerprint density at radius 3 is 2.79 bits per heavy atom. The van der Waals surface area contributed by atoms with Crippen molar-refractivity contribution in [2.45, 2.75) is 46.3 Å². The van der Waals surface area contributed by atoms with Gasteiger partial charge in [-0.3, -0.25) is 4.79 Å². The van der Waals surface area contributed by atoms with Crippen LogP contribution in [0.3, 0.4) is 0 Å². The van der Waals surface area contributed by atoms with E-state index >= 15 is 0 Å². The highest BCUT2D eigenvalue weighted by atomic mass is 16.5. The number of rotatable bonds is 7. The van der Waals surface area contributed by atoms with Crippen molar-refractivity contribution in [1.29, 1.82) is 0 Å². The number of pyridine rings is 1. The van der Waals surface area contributed by atoms with Crippen LogP contribution in [-0.2, 0) is 4.79 Å². The van der Waals surface area contributed by atoms with Crippen LogP contribution in [0, 0.1) is 0 Å². The van der Waals surface area contributed by atoms with Gasteiger partial charge in [0.05, 0.1) is 6.10 Å². The first kappa shape index (κ1) is 15.4. The van der Waals surface area contributed by atoms with Crippen LogP contribution >= 0.6 is 0 Å². The van der Waals surface area contributed by atoms with Gasteiger partial charge in [0.25, 0.3) is 0 Å². The Labute approximate surface area is 114 Å². The van der Waals surface area contributed by atoms with E-state index in [1.807, 2.05) is 27.7 Å². The van der Waals surface area contributed by atoms with Gasteiger partial charge in [-0.1, -0.05) is 6.92 Å². The largest absolute Gasteiger partial charge is 0.473 e. The number of anilines is 1. The van der Waals surface area contributed by atoms with Gasteiger partial charge in [0, 0.05) is 18.7 Å². The Kier molecular flexibility index (Phi) is 6.29. The fraction of sp³-hybridized carbons (Fsp3) is 0.571. The minimum Gasteiger partial charge on any atom is -0.473 e. The summed E-state index contributed by atoms with van der Waals surface area (Å²) >= 11 is 0. The molecule has 5 heteroatoms. The molecule has 0 spiro atoms. The number of hydrogen-bond acceptors (Lipinski definition) is 4. The number of ether oxygens (including phenoxy) is 1. The van der Waals surface area contributed by atoms with Crippen molar-refractivity contribution in [1.82, 2.24) is 10.3 Å². The van der Waals surface area contributed by atoms with E-state index in [2.05, 4.69) is 15.6 Å². The quantitative estimate of drug-likeness (QED) is 0.793. The summed E-state index contributed by atoms with van der Waals surface area (Å²) in [6.07, 6.45) is 2.09. The van der Waals surface area contributed by atoms with Gasteiger partial charge in [-0.25, -0.2) is 4.98 Å². The van der Waals surface area contributed by atoms with E-state index in [9.17, 15) is 4.79 Å².